The monoisotopic (exact) mass is 272 g/mol. The van der Waals surface area contributed by atoms with Crippen LogP contribution in [-0.2, 0) is 14.3 Å². The van der Waals surface area contributed by atoms with Gasteiger partial charge in [-0.05, 0) is 30.6 Å². The predicted octanol–water partition coefficient (Wildman–Crippen LogP) is 3.58. The minimum Gasteiger partial charge on any atom is -0.494 e. The van der Waals surface area contributed by atoms with E-state index in [4.69, 9.17) is 9.47 Å². The van der Waals surface area contributed by atoms with Crippen molar-refractivity contribution in [3.8, 4) is 0 Å². The first-order chi connectivity index (χ1) is 9.72. The van der Waals surface area contributed by atoms with Crippen molar-refractivity contribution in [2.75, 3.05) is 7.11 Å². The van der Waals surface area contributed by atoms with Crippen LogP contribution in [0.25, 0.3) is 0 Å². The van der Waals surface area contributed by atoms with Crippen molar-refractivity contribution in [2.24, 2.45) is 0 Å². The van der Waals surface area contributed by atoms with E-state index < -0.39 is 0 Å². The second-order valence-corrected chi connectivity index (χ2v) is 4.87. The zero-order valence-corrected chi connectivity index (χ0v) is 11.9. The normalized spacial score (nSPS) is 20.1. The van der Waals surface area contributed by atoms with Gasteiger partial charge in [-0.25, -0.2) is 4.79 Å². The molecule has 0 saturated carbocycles. The fraction of sp³-hybridized carbons (Fsp3) is 0.353. The lowest BCUT2D eigenvalue weighted by Crippen LogP contribution is -2.17. The fourth-order valence-electron chi connectivity index (χ4n) is 2.30. The quantitative estimate of drug-likeness (QED) is 0.621. The Balaban J connectivity index is 2.25. The molecular weight excluding hydrogens is 252 g/mol. The fourth-order valence-corrected chi connectivity index (χ4v) is 2.30. The first kappa shape index (κ1) is 14.4. The van der Waals surface area contributed by atoms with Crippen molar-refractivity contribution in [3.63, 3.8) is 0 Å². The molecule has 1 aromatic carbocycles. The maximum absolute atomic E-state index is 12.0. The van der Waals surface area contributed by atoms with Crippen LogP contribution in [0.2, 0.25) is 0 Å². The van der Waals surface area contributed by atoms with Gasteiger partial charge in [0.1, 0.15) is 6.10 Å². The molecule has 0 bridgehead atoms. The van der Waals surface area contributed by atoms with Crippen LogP contribution in [0, 0.1) is 0 Å². The molecular formula is C17H20O3. The highest BCUT2D eigenvalue weighted by Gasteiger charge is 2.21. The SMILES string of the molecule is COC(=O)/C(=C\C1CCC=CO1)C(C)c1ccccc1. The molecule has 106 valence electrons. The van der Waals surface area contributed by atoms with Crippen LogP contribution in [0.1, 0.15) is 31.2 Å². The van der Waals surface area contributed by atoms with E-state index in [1.54, 1.807) is 6.26 Å². The van der Waals surface area contributed by atoms with E-state index in [1.165, 1.54) is 7.11 Å². The Labute approximate surface area is 119 Å². The summed E-state index contributed by atoms with van der Waals surface area (Å²) in [6, 6.07) is 9.94. The van der Waals surface area contributed by atoms with Crippen LogP contribution in [0.15, 0.2) is 54.3 Å². The van der Waals surface area contributed by atoms with Gasteiger partial charge >= 0.3 is 5.97 Å². The molecule has 1 heterocycles. The summed E-state index contributed by atoms with van der Waals surface area (Å²) in [6.07, 6.45) is 7.39. The van der Waals surface area contributed by atoms with E-state index in [1.807, 2.05) is 49.4 Å². The highest BCUT2D eigenvalue weighted by Crippen LogP contribution is 2.26. The number of hydrogen-bond donors (Lipinski definition) is 0. The largest absolute Gasteiger partial charge is 0.494 e. The molecule has 0 fully saturated rings. The highest BCUT2D eigenvalue weighted by atomic mass is 16.5. The standard InChI is InChI=1S/C17H20O3/c1-13(14-8-4-3-5-9-14)16(17(18)19-2)12-15-10-6-7-11-20-15/h3-5,7-9,11-13,15H,6,10H2,1-2H3/b16-12-. The molecule has 0 saturated heterocycles. The Hall–Kier alpha value is -2.03. The van der Waals surface area contributed by atoms with Crippen LogP contribution < -0.4 is 0 Å². The molecule has 0 aliphatic carbocycles. The maximum Gasteiger partial charge on any atom is 0.334 e. The van der Waals surface area contributed by atoms with Crippen LogP contribution in [0.3, 0.4) is 0 Å². The second-order valence-electron chi connectivity index (χ2n) is 4.87. The molecule has 0 amide bonds. The molecule has 20 heavy (non-hydrogen) atoms. The van der Waals surface area contributed by atoms with Crippen molar-refractivity contribution in [2.45, 2.75) is 31.8 Å². The third-order valence-corrected chi connectivity index (χ3v) is 3.52. The van der Waals surface area contributed by atoms with Gasteiger partial charge in [-0.2, -0.15) is 0 Å². The van der Waals surface area contributed by atoms with Gasteiger partial charge in [0.15, 0.2) is 0 Å². The molecule has 2 rings (SSSR count). The number of hydrogen-bond acceptors (Lipinski definition) is 3. The predicted molar refractivity (Wildman–Crippen MR) is 78.2 cm³/mol. The maximum atomic E-state index is 12.0. The molecule has 3 nitrogen and oxygen atoms in total. The Morgan fingerprint density at radius 3 is 2.75 bits per heavy atom. The van der Waals surface area contributed by atoms with E-state index in [2.05, 4.69) is 0 Å². The zero-order valence-electron chi connectivity index (χ0n) is 11.9. The number of methoxy groups -OCH3 is 1. The number of benzene rings is 1. The Kier molecular flexibility index (Phi) is 4.99. The minimum atomic E-state index is -0.292. The number of rotatable bonds is 4. The average molecular weight is 272 g/mol. The molecule has 0 spiro atoms. The van der Waals surface area contributed by atoms with E-state index >= 15 is 0 Å². The Bertz CT molecular complexity index is 502. The van der Waals surface area contributed by atoms with Gasteiger partial charge in [-0.3, -0.25) is 0 Å². The number of ether oxygens (including phenoxy) is 2. The summed E-state index contributed by atoms with van der Waals surface area (Å²) < 4.78 is 10.4. The summed E-state index contributed by atoms with van der Waals surface area (Å²) in [5, 5.41) is 0. The average Bonchev–Trinajstić information content (AvgIpc) is 2.53. The Morgan fingerprint density at radius 2 is 2.15 bits per heavy atom. The molecule has 0 N–H and O–H groups in total. The van der Waals surface area contributed by atoms with Crippen molar-refractivity contribution in [1.82, 2.24) is 0 Å². The van der Waals surface area contributed by atoms with Crippen LogP contribution >= 0.6 is 0 Å². The molecule has 3 heteroatoms. The van der Waals surface area contributed by atoms with Crippen LogP contribution in [-0.4, -0.2) is 19.2 Å². The van der Waals surface area contributed by atoms with E-state index in [0.29, 0.717) is 5.57 Å². The molecule has 1 aliphatic rings. The lowest BCUT2D eigenvalue weighted by Gasteiger charge is -2.20. The Morgan fingerprint density at radius 1 is 1.40 bits per heavy atom. The first-order valence-corrected chi connectivity index (χ1v) is 6.88. The molecule has 0 aromatic heterocycles. The van der Waals surface area contributed by atoms with E-state index in [0.717, 1.165) is 18.4 Å². The summed E-state index contributed by atoms with van der Waals surface area (Å²) in [5.74, 6) is -0.308. The van der Waals surface area contributed by atoms with Crippen LogP contribution in [0.4, 0.5) is 0 Å². The molecule has 1 aromatic rings. The molecule has 2 unspecified atom stereocenters. The van der Waals surface area contributed by atoms with Gasteiger partial charge in [0.05, 0.1) is 13.4 Å². The third kappa shape index (κ3) is 3.50. The second kappa shape index (κ2) is 6.94. The van der Waals surface area contributed by atoms with Gasteiger partial charge in [-0.15, -0.1) is 0 Å². The van der Waals surface area contributed by atoms with Gasteiger partial charge in [0, 0.05) is 11.5 Å². The number of carbonyl (C=O) groups is 1. The summed E-state index contributed by atoms with van der Waals surface area (Å²) in [4.78, 5) is 12.0. The lowest BCUT2D eigenvalue weighted by atomic mass is 9.91. The topological polar surface area (TPSA) is 35.5 Å². The summed E-state index contributed by atoms with van der Waals surface area (Å²) in [5.41, 5.74) is 1.74. The molecule has 2 atom stereocenters. The third-order valence-electron chi connectivity index (χ3n) is 3.52. The van der Waals surface area contributed by atoms with Gasteiger partial charge in [-0.1, -0.05) is 37.3 Å². The first-order valence-electron chi connectivity index (χ1n) is 6.88. The number of allylic oxidation sites excluding steroid dienone is 1. The summed E-state index contributed by atoms with van der Waals surface area (Å²) in [6.45, 7) is 2.01. The summed E-state index contributed by atoms with van der Waals surface area (Å²) >= 11 is 0. The summed E-state index contributed by atoms with van der Waals surface area (Å²) in [7, 11) is 1.41. The highest BCUT2D eigenvalue weighted by molar-refractivity contribution is 5.90. The van der Waals surface area contributed by atoms with Crippen molar-refractivity contribution in [1.29, 1.82) is 0 Å². The molecule has 0 radical (unpaired) electrons. The van der Waals surface area contributed by atoms with E-state index in [9.17, 15) is 4.79 Å². The van der Waals surface area contributed by atoms with Gasteiger partial charge < -0.3 is 9.47 Å². The number of esters is 1. The van der Waals surface area contributed by atoms with Crippen molar-refractivity contribution >= 4 is 5.97 Å². The lowest BCUT2D eigenvalue weighted by molar-refractivity contribution is -0.136. The smallest absolute Gasteiger partial charge is 0.334 e. The van der Waals surface area contributed by atoms with Crippen molar-refractivity contribution in [3.05, 3.63) is 59.9 Å². The van der Waals surface area contributed by atoms with Crippen LogP contribution in [0.5, 0.6) is 0 Å². The minimum absolute atomic E-state index is 0.0156. The van der Waals surface area contributed by atoms with Gasteiger partial charge in [0.25, 0.3) is 0 Å². The number of carbonyl (C=O) groups excluding carboxylic acids is 1. The van der Waals surface area contributed by atoms with E-state index in [-0.39, 0.29) is 18.0 Å². The molecule has 1 aliphatic heterocycles. The van der Waals surface area contributed by atoms with Gasteiger partial charge in [0.2, 0.25) is 0 Å². The zero-order chi connectivity index (χ0) is 14.4. The van der Waals surface area contributed by atoms with Crippen molar-refractivity contribution < 1.29 is 14.3 Å².